The molecule has 0 bridgehead atoms. The van der Waals surface area contributed by atoms with E-state index in [0.717, 1.165) is 32.1 Å². The van der Waals surface area contributed by atoms with Gasteiger partial charge in [-0.15, -0.1) is 0 Å². The maximum Gasteiger partial charge on any atom is 0.237 e. The average Bonchev–Trinajstić information content (AvgIpc) is 3.38. The van der Waals surface area contributed by atoms with Crippen LogP contribution in [0, 0.1) is 39.9 Å². The summed E-state index contributed by atoms with van der Waals surface area (Å²) in [7, 11) is 0. The number of nitrogens with one attached hydrogen (secondary N) is 1. The van der Waals surface area contributed by atoms with E-state index in [4.69, 9.17) is 10.5 Å². The first-order valence-electron chi connectivity index (χ1n) is 9.17. The summed E-state index contributed by atoms with van der Waals surface area (Å²) in [6, 6.07) is 5.34. The van der Waals surface area contributed by atoms with E-state index in [-0.39, 0.29) is 24.5 Å². The van der Waals surface area contributed by atoms with Crippen molar-refractivity contribution in [3.8, 4) is 18.2 Å². The minimum absolute atomic E-state index is 0.00517. The van der Waals surface area contributed by atoms with Gasteiger partial charge in [0, 0.05) is 19.1 Å². The minimum atomic E-state index is -0.596. The number of nitriles is 3. The van der Waals surface area contributed by atoms with Gasteiger partial charge in [-0.1, -0.05) is 0 Å². The Labute approximate surface area is 153 Å². The first kappa shape index (κ1) is 18.2. The zero-order valence-corrected chi connectivity index (χ0v) is 14.7. The number of hydrogen-bond acceptors (Lipinski definition) is 7. The standard InChI is InChI=1S/C18H23N7O/c19-7-15-2-1-5-25(15)18(26)10-22-14-4-3-13(6-14)11-24-12-23-16(8-20)17(24)9-21/h12-17,22H,1-6,10-11H2/t13?,14?,15-,16?,17?/m0/s1. The van der Waals surface area contributed by atoms with E-state index < -0.39 is 12.1 Å². The van der Waals surface area contributed by atoms with Gasteiger partial charge in [0.15, 0.2) is 12.1 Å². The molecule has 2 fully saturated rings. The molecular formula is C18H23N7O. The molecule has 0 spiro atoms. The summed E-state index contributed by atoms with van der Waals surface area (Å²) in [6.45, 7) is 1.67. The number of carbonyl (C=O) groups is 1. The van der Waals surface area contributed by atoms with Crippen LogP contribution in [0.4, 0.5) is 0 Å². The fraction of sp³-hybridized carbons (Fsp3) is 0.722. The Kier molecular flexibility index (Phi) is 5.71. The first-order valence-corrected chi connectivity index (χ1v) is 9.17. The lowest BCUT2D eigenvalue weighted by atomic mass is 10.1. The van der Waals surface area contributed by atoms with E-state index >= 15 is 0 Å². The molecule has 3 aliphatic rings. The summed E-state index contributed by atoms with van der Waals surface area (Å²) in [6.07, 6.45) is 6.25. The number of rotatable bonds is 5. The molecule has 5 atom stereocenters. The summed E-state index contributed by atoms with van der Waals surface area (Å²) in [5.41, 5.74) is 0. The molecule has 8 heteroatoms. The predicted molar refractivity (Wildman–Crippen MR) is 93.5 cm³/mol. The second-order valence-electron chi connectivity index (χ2n) is 7.24. The molecular weight excluding hydrogens is 330 g/mol. The molecule has 0 aromatic rings. The highest BCUT2D eigenvalue weighted by Gasteiger charge is 2.34. The molecule has 2 heterocycles. The van der Waals surface area contributed by atoms with Crippen molar-refractivity contribution in [3.05, 3.63) is 0 Å². The van der Waals surface area contributed by atoms with Gasteiger partial charge in [-0.25, -0.2) is 0 Å². The van der Waals surface area contributed by atoms with Crippen LogP contribution >= 0.6 is 0 Å². The van der Waals surface area contributed by atoms with Crippen molar-refractivity contribution < 1.29 is 4.79 Å². The van der Waals surface area contributed by atoms with Gasteiger partial charge in [-0.2, -0.15) is 15.8 Å². The number of nitrogens with zero attached hydrogens (tertiary/aromatic N) is 6. The van der Waals surface area contributed by atoms with Crippen LogP contribution in [-0.4, -0.2) is 65.8 Å². The Morgan fingerprint density at radius 2 is 2.04 bits per heavy atom. The summed E-state index contributed by atoms with van der Waals surface area (Å²) >= 11 is 0. The molecule has 0 aromatic heterocycles. The Balaban J connectivity index is 1.43. The fourth-order valence-corrected chi connectivity index (χ4v) is 4.16. The lowest BCUT2D eigenvalue weighted by molar-refractivity contribution is -0.130. The van der Waals surface area contributed by atoms with Crippen molar-refractivity contribution in [2.24, 2.45) is 10.9 Å². The number of hydrogen-bond donors (Lipinski definition) is 1. The maximum atomic E-state index is 12.3. The van der Waals surface area contributed by atoms with E-state index in [1.165, 1.54) is 0 Å². The van der Waals surface area contributed by atoms with Crippen molar-refractivity contribution in [1.29, 1.82) is 15.8 Å². The topological polar surface area (TPSA) is 119 Å². The van der Waals surface area contributed by atoms with E-state index in [1.54, 1.807) is 11.2 Å². The van der Waals surface area contributed by atoms with Gasteiger partial charge in [-0.3, -0.25) is 9.79 Å². The Hall–Kier alpha value is -2.63. The Morgan fingerprint density at radius 3 is 2.77 bits per heavy atom. The number of likely N-dealkylation sites (tertiary alicyclic amines) is 1. The van der Waals surface area contributed by atoms with Crippen LogP contribution in [0.2, 0.25) is 0 Å². The van der Waals surface area contributed by atoms with Gasteiger partial charge in [0.2, 0.25) is 5.91 Å². The van der Waals surface area contributed by atoms with Crippen LogP contribution in [-0.2, 0) is 4.79 Å². The summed E-state index contributed by atoms with van der Waals surface area (Å²) in [5.74, 6) is 0.423. The maximum absolute atomic E-state index is 12.3. The van der Waals surface area contributed by atoms with Gasteiger partial charge in [0.25, 0.3) is 0 Å². The van der Waals surface area contributed by atoms with Gasteiger partial charge in [0.05, 0.1) is 31.1 Å². The monoisotopic (exact) mass is 353 g/mol. The Bertz CT molecular complexity index is 685. The van der Waals surface area contributed by atoms with Crippen LogP contribution in [0.15, 0.2) is 4.99 Å². The van der Waals surface area contributed by atoms with E-state index in [0.29, 0.717) is 19.0 Å². The molecule has 3 rings (SSSR count). The molecule has 0 aromatic carbocycles. The van der Waals surface area contributed by atoms with Gasteiger partial charge in [0.1, 0.15) is 6.04 Å². The van der Waals surface area contributed by atoms with Crippen molar-refractivity contribution in [2.75, 3.05) is 19.6 Å². The van der Waals surface area contributed by atoms with Crippen LogP contribution in [0.1, 0.15) is 32.1 Å². The zero-order chi connectivity index (χ0) is 18.5. The van der Waals surface area contributed by atoms with Gasteiger partial charge in [-0.05, 0) is 38.0 Å². The van der Waals surface area contributed by atoms with Crippen molar-refractivity contribution in [2.45, 2.75) is 56.3 Å². The quantitative estimate of drug-likeness (QED) is 0.763. The molecule has 26 heavy (non-hydrogen) atoms. The summed E-state index contributed by atoms with van der Waals surface area (Å²) in [5, 5.41) is 30.7. The lowest BCUT2D eigenvalue weighted by Gasteiger charge is -2.24. The molecule has 136 valence electrons. The van der Waals surface area contributed by atoms with Crippen molar-refractivity contribution >= 4 is 12.2 Å². The Morgan fingerprint density at radius 1 is 1.19 bits per heavy atom. The van der Waals surface area contributed by atoms with Gasteiger partial charge < -0.3 is 15.1 Å². The number of aliphatic imine (C=N–C) groups is 1. The lowest BCUT2D eigenvalue weighted by Crippen LogP contribution is -2.43. The molecule has 1 saturated heterocycles. The molecule has 1 N–H and O–H groups in total. The van der Waals surface area contributed by atoms with Crippen LogP contribution in [0.5, 0.6) is 0 Å². The SMILES string of the molecule is N#CC1N=CN(CC2CCC(NCC(=O)N3CCC[C@H]3C#N)C2)C1C#N. The fourth-order valence-electron chi connectivity index (χ4n) is 4.16. The second-order valence-corrected chi connectivity index (χ2v) is 7.24. The second kappa shape index (κ2) is 8.17. The predicted octanol–water partition coefficient (Wildman–Crippen LogP) is 0.388. The third-order valence-corrected chi connectivity index (χ3v) is 5.57. The number of amides is 1. The zero-order valence-electron chi connectivity index (χ0n) is 14.7. The first-order chi connectivity index (χ1) is 12.7. The van der Waals surface area contributed by atoms with E-state index in [2.05, 4.69) is 28.5 Å². The van der Waals surface area contributed by atoms with Crippen molar-refractivity contribution in [1.82, 2.24) is 15.1 Å². The van der Waals surface area contributed by atoms with E-state index in [9.17, 15) is 10.1 Å². The normalized spacial score (nSPS) is 33.0. The molecule has 4 unspecified atom stereocenters. The third-order valence-electron chi connectivity index (χ3n) is 5.57. The van der Waals surface area contributed by atoms with E-state index in [1.807, 2.05) is 4.90 Å². The molecule has 1 amide bonds. The van der Waals surface area contributed by atoms with Gasteiger partial charge >= 0.3 is 0 Å². The molecule has 2 aliphatic heterocycles. The van der Waals surface area contributed by atoms with Crippen LogP contribution in [0.25, 0.3) is 0 Å². The molecule has 1 saturated carbocycles. The van der Waals surface area contributed by atoms with Crippen LogP contribution < -0.4 is 5.32 Å². The molecule has 8 nitrogen and oxygen atoms in total. The summed E-state index contributed by atoms with van der Waals surface area (Å²) < 4.78 is 0. The third kappa shape index (κ3) is 3.79. The minimum Gasteiger partial charge on any atom is -0.344 e. The largest absolute Gasteiger partial charge is 0.344 e. The number of carbonyl (C=O) groups excluding carboxylic acids is 1. The molecule has 1 aliphatic carbocycles. The smallest absolute Gasteiger partial charge is 0.237 e. The molecule has 0 radical (unpaired) electrons. The average molecular weight is 353 g/mol. The van der Waals surface area contributed by atoms with Crippen molar-refractivity contribution in [3.63, 3.8) is 0 Å². The van der Waals surface area contributed by atoms with Crippen LogP contribution in [0.3, 0.4) is 0 Å². The highest BCUT2D eigenvalue weighted by molar-refractivity contribution is 5.79. The summed E-state index contributed by atoms with van der Waals surface area (Å²) in [4.78, 5) is 19.9. The highest BCUT2D eigenvalue weighted by Crippen LogP contribution is 2.28. The highest BCUT2D eigenvalue weighted by atomic mass is 16.2.